The fraction of sp³-hybridized carbons (Fsp3) is 0. The van der Waals surface area contributed by atoms with Gasteiger partial charge in [-0.05, 0) is 17.0 Å². The molecule has 0 saturated heterocycles. The first-order valence-electron chi connectivity index (χ1n) is 2.34. The number of nitro groups is 1. The minimum atomic E-state index is -0.635. The third-order valence-electron chi connectivity index (χ3n) is 0.816. The fourth-order valence-electron chi connectivity index (χ4n) is 0.437. The first-order chi connectivity index (χ1) is 4.72. The van der Waals surface area contributed by atoms with Crippen molar-refractivity contribution in [3.8, 4) is 0 Å². The summed E-state index contributed by atoms with van der Waals surface area (Å²) in [5.74, 6) is 0. The minimum absolute atomic E-state index is 0.366. The molecule has 0 unspecified atom stereocenters. The van der Waals surface area contributed by atoms with E-state index in [9.17, 15) is 10.1 Å². The lowest BCUT2D eigenvalue weighted by Crippen LogP contribution is -2.03. The van der Waals surface area contributed by atoms with E-state index in [-0.39, 0.29) is 5.16 Å². The predicted molar refractivity (Wildman–Crippen MR) is 39.7 cm³/mol. The Morgan fingerprint density at radius 2 is 2.60 bits per heavy atom. The SMILES string of the molecule is O=[N+]([O-])C(Cl)=C1NC=CS1. The van der Waals surface area contributed by atoms with Crippen LogP contribution >= 0.6 is 23.4 Å². The van der Waals surface area contributed by atoms with Crippen molar-refractivity contribution in [3.05, 3.63) is 31.9 Å². The Labute approximate surface area is 66.1 Å². The number of nitrogens with one attached hydrogen (secondary N) is 1. The largest absolute Gasteiger partial charge is 0.367 e. The molecular formula is C4H3ClN2O2S. The molecule has 0 aromatic carbocycles. The van der Waals surface area contributed by atoms with Crippen molar-refractivity contribution < 1.29 is 4.92 Å². The summed E-state index contributed by atoms with van der Waals surface area (Å²) >= 11 is 6.47. The van der Waals surface area contributed by atoms with Gasteiger partial charge in [0.15, 0.2) is 5.03 Å². The third kappa shape index (κ3) is 1.43. The topological polar surface area (TPSA) is 55.2 Å². The Hall–Kier alpha value is -0.680. The predicted octanol–water partition coefficient (Wildman–Crippen LogP) is 1.44. The first-order valence-corrected chi connectivity index (χ1v) is 3.60. The van der Waals surface area contributed by atoms with Crippen LogP contribution in [0.25, 0.3) is 0 Å². The highest BCUT2D eigenvalue weighted by Crippen LogP contribution is 2.24. The Morgan fingerprint density at radius 3 is 3.00 bits per heavy atom. The number of nitrogens with zero attached hydrogens (tertiary/aromatic N) is 1. The fourth-order valence-corrected chi connectivity index (χ4v) is 1.21. The molecule has 6 heteroatoms. The molecule has 0 atom stereocenters. The summed E-state index contributed by atoms with van der Waals surface area (Å²) in [5.41, 5.74) is 0. The van der Waals surface area contributed by atoms with E-state index in [0.29, 0.717) is 5.03 Å². The standard InChI is InChI=1S/C4H3ClN2O2S/c5-3(7(8)9)4-6-1-2-10-4/h1-2,6H. The lowest BCUT2D eigenvalue weighted by atomic mass is 10.8. The summed E-state index contributed by atoms with van der Waals surface area (Å²) in [6.07, 6.45) is 1.59. The summed E-state index contributed by atoms with van der Waals surface area (Å²) in [7, 11) is 0. The highest BCUT2D eigenvalue weighted by atomic mass is 35.5. The quantitative estimate of drug-likeness (QED) is 0.375. The molecule has 0 aliphatic carbocycles. The maximum Gasteiger partial charge on any atom is 0.367 e. The molecule has 1 heterocycles. The smallest absolute Gasteiger partial charge is 0.349 e. The monoisotopic (exact) mass is 178 g/mol. The summed E-state index contributed by atoms with van der Waals surface area (Å²) in [5, 5.41) is 14.3. The average Bonchev–Trinajstić information content (AvgIpc) is 2.36. The molecule has 0 fully saturated rings. The van der Waals surface area contributed by atoms with Gasteiger partial charge in [-0.1, -0.05) is 11.8 Å². The van der Waals surface area contributed by atoms with Crippen LogP contribution in [0.4, 0.5) is 0 Å². The van der Waals surface area contributed by atoms with Crippen LogP contribution in [0.2, 0.25) is 0 Å². The Morgan fingerprint density at radius 1 is 1.90 bits per heavy atom. The van der Waals surface area contributed by atoms with Gasteiger partial charge in [0.2, 0.25) is 0 Å². The Balaban J connectivity index is 2.76. The van der Waals surface area contributed by atoms with Gasteiger partial charge in [-0.3, -0.25) is 10.1 Å². The second-order valence-electron chi connectivity index (χ2n) is 1.44. The van der Waals surface area contributed by atoms with Gasteiger partial charge in [-0.25, -0.2) is 0 Å². The van der Waals surface area contributed by atoms with Crippen LogP contribution in [-0.2, 0) is 0 Å². The molecule has 0 saturated carbocycles. The summed E-state index contributed by atoms with van der Waals surface area (Å²) in [6, 6.07) is 0. The molecular weight excluding hydrogens is 176 g/mol. The second kappa shape index (κ2) is 2.94. The van der Waals surface area contributed by atoms with E-state index in [4.69, 9.17) is 11.6 Å². The van der Waals surface area contributed by atoms with Crippen LogP contribution in [0.15, 0.2) is 21.8 Å². The Bertz CT molecular complexity index is 215. The summed E-state index contributed by atoms with van der Waals surface area (Å²) < 4.78 is 0. The maximum atomic E-state index is 10.0. The van der Waals surface area contributed by atoms with Gasteiger partial charge in [-0.2, -0.15) is 0 Å². The van der Waals surface area contributed by atoms with Gasteiger partial charge in [-0.15, -0.1) is 0 Å². The van der Waals surface area contributed by atoms with Crippen LogP contribution in [0, 0.1) is 10.1 Å². The van der Waals surface area contributed by atoms with Crippen molar-refractivity contribution in [2.75, 3.05) is 0 Å². The van der Waals surface area contributed by atoms with E-state index in [1.807, 2.05) is 0 Å². The number of halogens is 1. The molecule has 54 valence electrons. The summed E-state index contributed by atoms with van der Waals surface area (Å²) in [6.45, 7) is 0. The van der Waals surface area contributed by atoms with Crippen LogP contribution in [0.5, 0.6) is 0 Å². The minimum Gasteiger partial charge on any atom is -0.349 e. The average molecular weight is 179 g/mol. The highest BCUT2D eigenvalue weighted by Gasteiger charge is 2.16. The molecule has 0 spiro atoms. The van der Waals surface area contributed by atoms with Gasteiger partial charge in [0.05, 0.1) is 4.92 Å². The molecule has 0 radical (unpaired) electrons. The van der Waals surface area contributed by atoms with Crippen LogP contribution in [-0.4, -0.2) is 4.92 Å². The molecule has 0 aromatic rings. The van der Waals surface area contributed by atoms with E-state index in [2.05, 4.69) is 5.32 Å². The van der Waals surface area contributed by atoms with E-state index in [1.165, 1.54) is 11.8 Å². The lowest BCUT2D eigenvalue weighted by Gasteiger charge is -1.93. The maximum absolute atomic E-state index is 10.0. The second-order valence-corrected chi connectivity index (χ2v) is 2.72. The molecule has 1 aliphatic rings. The van der Waals surface area contributed by atoms with Gasteiger partial charge < -0.3 is 5.32 Å². The molecule has 1 rings (SSSR count). The van der Waals surface area contributed by atoms with Crippen molar-refractivity contribution >= 4 is 23.4 Å². The van der Waals surface area contributed by atoms with Crippen molar-refractivity contribution in [1.29, 1.82) is 0 Å². The van der Waals surface area contributed by atoms with E-state index in [0.717, 1.165) is 0 Å². The normalized spacial score (nSPS) is 20.5. The molecule has 0 amide bonds. The van der Waals surface area contributed by atoms with Crippen molar-refractivity contribution in [3.63, 3.8) is 0 Å². The number of hydrogen-bond acceptors (Lipinski definition) is 4. The van der Waals surface area contributed by atoms with E-state index >= 15 is 0 Å². The molecule has 1 N–H and O–H groups in total. The molecule has 1 aliphatic heterocycles. The van der Waals surface area contributed by atoms with Gasteiger partial charge in [0, 0.05) is 6.20 Å². The zero-order valence-corrected chi connectivity index (χ0v) is 6.28. The molecule has 4 nitrogen and oxygen atoms in total. The van der Waals surface area contributed by atoms with Crippen molar-refractivity contribution in [2.24, 2.45) is 0 Å². The molecule has 0 aromatic heterocycles. The van der Waals surface area contributed by atoms with Gasteiger partial charge in [0.1, 0.15) is 0 Å². The third-order valence-corrected chi connectivity index (χ3v) is 2.07. The zero-order chi connectivity index (χ0) is 7.56. The molecule has 10 heavy (non-hydrogen) atoms. The van der Waals surface area contributed by atoms with Gasteiger partial charge in [0.25, 0.3) is 0 Å². The summed E-state index contributed by atoms with van der Waals surface area (Å²) in [4.78, 5) is 9.39. The van der Waals surface area contributed by atoms with Crippen LogP contribution in [0.3, 0.4) is 0 Å². The van der Waals surface area contributed by atoms with Crippen molar-refractivity contribution in [1.82, 2.24) is 5.32 Å². The van der Waals surface area contributed by atoms with E-state index < -0.39 is 4.92 Å². The van der Waals surface area contributed by atoms with E-state index in [1.54, 1.807) is 11.6 Å². The first kappa shape index (κ1) is 7.43. The number of rotatable bonds is 1. The highest BCUT2D eigenvalue weighted by molar-refractivity contribution is 8.06. The number of hydrogen-bond donors (Lipinski definition) is 1. The van der Waals surface area contributed by atoms with Crippen molar-refractivity contribution in [2.45, 2.75) is 0 Å². The molecule has 0 bridgehead atoms. The van der Waals surface area contributed by atoms with Crippen LogP contribution in [0.1, 0.15) is 0 Å². The van der Waals surface area contributed by atoms with Gasteiger partial charge >= 0.3 is 5.16 Å². The zero-order valence-electron chi connectivity index (χ0n) is 4.70. The number of thioether (sulfide) groups is 1. The van der Waals surface area contributed by atoms with Crippen LogP contribution < -0.4 is 5.32 Å². The lowest BCUT2D eigenvalue weighted by molar-refractivity contribution is -0.412. The Kier molecular flexibility index (Phi) is 2.18.